The third kappa shape index (κ3) is 3.44. The van der Waals surface area contributed by atoms with Gasteiger partial charge in [-0.25, -0.2) is 9.67 Å². The molecule has 40 heavy (non-hydrogen) atoms. The molecule has 8 aromatic rings. The molecule has 192 valence electrons. The molecule has 0 unspecified atom stereocenters. The Hall–Kier alpha value is -5.30. The number of nitrogens with zero attached hydrogens (tertiary/aromatic N) is 6. The predicted molar refractivity (Wildman–Crippen MR) is 159 cm³/mol. The van der Waals surface area contributed by atoms with E-state index in [1.54, 1.807) is 18.6 Å². The maximum Gasteiger partial charge on any atom is 0.148 e. The zero-order valence-corrected chi connectivity index (χ0v) is 22.0. The van der Waals surface area contributed by atoms with Gasteiger partial charge in [0.2, 0.25) is 0 Å². The van der Waals surface area contributed by atoms with E-state index in [-0.39, 0.29) is 0 Å². The average Bonchev–Trinajstić information content (AvgIpc) is 3.59. The lowest BCUT2D eigenvalue weighted by molar-refractivity contribution is 0.478. The number of imidazole rings is 1. The van der Waals surface area contributed by atoms with Gasteiger partial charge in [-0.3, -0.25) is 14.4 Å². The third-order valence-corrected chi connectivity index (χ3v) is 7.45. The normalized spacial score (nSPS) is 12.0. The van der Waals surface area contributed by atoms with E-state index in [2.05, 4.69) is 64.7 Å². The van der Waals surface area contributed by atoms with E-state index in [4.69, 9.17) is 14.7 Å². The number of aromatic nitrogens is 6. The molecule has 7 heteroatoms. The first-order valence-corrected chi connectivity index (χ1v) is 13.3. The fraction of sp³-hybridized carbons (Fsp3) is 0.0909. The molecule has 0 atom stereocenters. The average molecular weight is 521 g/mol. The number of hydrogen-bond donors (Lipinski definition) is 0. The highest BCUT2D eigenvalue weighted by Gasteiger charge is 2.18. The number of para-hydroxylation sites is 2. The SMILES string of the molecule is CC(C)c1cccc2c1c1ncc(Oc3cncc(-n4cc5ccccc5n4)c3)cc1c1nc3ccccc3n21. The van der Waals surface area contributed by atoms with Crippen molar-refractivity contribution < 1.29 is 4.74 Å². The fourth-order valence-electron chi connectivity index (χ4n) is 5.63. The highest BCUT2D eigenvalue weighted by atomic mass is 16.5. The predicted octanol–water partition coefficient (Wildman–Crippen LogP) is 7.84. The minimum Gasteiger partial charge on any atom is -0.454 e. The Morgan fingerprint density at radius 1 is 0.775 bits per heavy atom. The van der Waals surface area contributed by atoms with Crippen LogP contribution in [0.3, 0.4) is 0 Å². The summed E-state index contributed by atoms with van der Waals surface area (Å²) in [5, 5.41) is 7.83. The van der Waals surface area contributed by atoms with Gasteiger partial charge in [0.05, 0.1) is 51.9 Å². The number of fused-ring (bicyclic) bond motifs is 9. The van der Waals surface area contributed by atoms with E-state index < -0.39 is 0 Å². The summed E-state index contributed by atoms with van der Waals surface area (Å²) in [7, 11) is 0. The van der Waals surface area contributed by atoms with Crippen molar-refractivity contribution in [3.05, 3.63) is 109 Å². The standard InChI is InChI=1S/C33H24N6O/c1-20(2)25-9-7-13-30-31(25)32-26(33-36-28-11-5-6-12-29(28)39(30)33)15-24(18-35-32)40-23-14-22(16-34-17-23)38-19-21-8-3-4-10-27(21)37-38/h3-20H,1-2H3. The zero-order chi connectivity index (χ0) is 26.8. The zero-order valence-electron chi connectivity index (χ0n) is 22.0. The van der Waals surface area contributed by atoms with Gasteiger partial charge in [0.25, 0.3) is 0 Å². The van der Waals surface area contributed by atoms with Crippen LogP contribution in [0.15, 0.2) is 104 Å². The van der Waals surface area contributed by atoms with Crippen LogP contribution >= 0.6 is 0 Å². The highest BCUT2D eigenvalue weighted by molar-refractivity contribution is 6.13. The van der Waals surface area contributed by atoms with Crippen LogP contribution in [0, 0.1) is 0 Å². The lowest BCUT2D eigenvalue weighted by atomic mass is 9.96. The van der Waals surface area contributed by atoms with Crippen LogP contribution in [0.1, 0.15) is 25.3 Å². The van der Waals surface area contributed by atoms with Crippen molar-refractivity contribution in [2.75, 3.05) is 0 Å². The molecular formula is C33H24N6O. The minimum absolute atomic E-state index is 0.338. The van der Waals surface area contributed by atoms with Gasteiger partial charge >= 0.3 is 0 Å². The molecule has 0 bridgehead atoms. The van der Waals surface area contributed by atoms with E-state index >= 15 is 0 Å². The van der Waals surface area contributed by atoms with Crippen molar-refractivity contribution in [2.45, 2.75) is 19.8 Å². The summed E-state index contributed by atoms with van der Waals surface area (Å²) in [4.78, 5) is 14.4. The lowest BCUT2D eigenvalue weighted by Gasteiger charge is -2.15. The Morgan fingerprint density at radius 2 is 1.57 bits per heavy atom. The molecule has 0 aliphatic heterocycles. The maximum atomic E-state index is 6.33. The van der Waals surface area contributed by atoms with Crippen LogP contribution in [0.2, 0.25) is 0 Å². The van der Waals surface area contributed by atoms with E-state index in [9.17, 15) is 0 Å². The quantitative estimate of drug-likeness (QED) is 0.221. The number of rotatable bonds is 4. The van der Waals surface area contributed by atoms with Crippen LogP contribution in [0.5, 0.6) is 11.5 Å². The van der Waals surface area contributed by atoms with Gasteiger partial charge in [0.1, 0.15) is 17.1 Å². The highest BCUT2D eigenvalue weighted by Crippen LogP contribution is 2.37. The van der Waals surface area contributed by atoms with Crippen LogP contribution in [0.25, 0.3) is 55.1 Å². The first-order chi connectivity index (χ1) is 19.6. The van der Waals surface area contributed by atoms with Gasteiger partial charge in [-0.1, -0.05) is 56.3 Å². The molecule has 0 saturated heterocycles. The monoisotopic (exact) mass is 520 g/mol. The van der Waals surface area contributed by atoms with E-state index in [1.165, 1.54) is 5.56 Å². The molecule has 5 heterocycles. The van der Waals surface area contributed by atoms with Crippen molar-refractivity contribution in [3.63, 3.8) is 0 Å². The minimum atomic E-state index is 0.338. The topological polar surface area (TPSA) is 70.1 Å². The van der Waals surface area contributed by atoms with Crippen molar-refractivity contribution in [1.82, 2.24) is 29.1 Å². The summed E-state index contributed by atoms with van der Waals surface area (Å²) in [5.74, 6) is 1.56. The summed E-state index contributed by atoms with van der Waals surface area (Å²) in [5.41, 5.74) is 7.90. The van der Waals surface area contributed by atoms with E-state index in [0.29, 0.717) is 17.4 Å². The molecule has 0 aliphatic rings. The van der Waals surface area contributed by atoms with Crippen molar-refractivity contribution in [1.29, 1.82) is 0 Å². The van der Waals surface area contributed by atoms with Gasteiger partial charge in [0.15, 0.2) is 0 Å². The molecule has 5 aromatic heterocycles. The van der Waals surface area contributed by atoms with Gasteiger partial charge < -0.3 is 4.74 Å². The number of pyridine rings is 3. The van der Waals surface area contributed by atoms with Gasteiger partial charge in [-0.2, -0.15) is 5.10 Å². The Morgan fingerprint density at radius 3 is 2.45 bits per heavy atom. The van der Waals surface area contributed by atoms with Crippen molar-refractivity contribution in [2.24, 2.45) is 0 Å². The molecule has 0 amide bonds. The van der Waals surface area contributed by atoms with Crippen molar-refractivity contribution in [3.8, 4) is 17.2 Å². The molecular weight excluding hydrogens is 496 g/mol. The first-order valence-electron chi connectivity index (χ1n) is 13.3. The number of hydrogen-bond acceptors (Lipinski definition) is 5. The molecule has 0 N–H and O–H groups in total. The largest absolute Gasteiger partial charge is 0.454 e. The van der Waals surface area contributed by atoms with Crippen LogP contribution in [-0.2, 0) is 0 Å². The third-order valence-electron chi connectivity index (χ3n) is 7.45. The number of ether oxygens (including phenoxy) is 1. The smallest absolute Gasteiger partial charge is 0.148 e. The first kappa shape index (κ1) is 22.7. The summed E-state index contributed by atoms with van der Waals surface area (Å²) in [6, 6.07) is 26.7. The Bertz CT molecular complexity index is 2210. The van der Waals surface area contributed by atoms with E-state index in [1.807, 2.05) is 53.3 Å². The second-order valence-corrected chi connectivity index (χ2v) is 10.3. The van der Waals surface area contributed by atoms with E-state index in [0.717, 1.165) is 55.1 Å². The molecule has 8 rings (SSSR count). The Labute approximate surface area is 229 Å². The Kier molecular flexibility index (Phi) is 4.88. The molecule has 3 aromatic carbocycles. The second-order valence-electron chi connectivity index (χ2n) is 10.3. The molecule has 7 nitrogen and oxygen atoms in total. The molecule has 0 saturated carbocycles. The molecule has 0 radical (unpaired) electrons. The number of benzene rings is 3. The van der Waals surface area contributed by atoms with Crippen LogP contribution in [-0.4, -0.2) is 29.1 Å². The fourth-order valence-corrected chi connectivity index (χ4v) is 5.63. The second kappa shape index (κ2) is 8.61. The molecule has 0 spiro atoms. The summed E-state index contributed by atoms with van der Waals surface area (Å²) in [6.45, 7) is 4.44. The summed E-state index contributed by atoms with van der Waals surface area (Å²) < 4.78 is 10.4. The van der Waals surface area contributed by atoms with Gasteiger partial charge in [-0.15, -0.1) is 0 Å². The maximum absolute atomic E-state index is 6.33. The van der Waals surface area contributed by atoms with Gasteiger partial charge in [0, 0.05) is 28.4 Å². The molecule has 0 aliphatic carbocycles. The van der Waals surface area contributed by atoms with Crippen LogP contribution in [0.4, 0.5) is 0 Å². The summed E-state index contributed by atoms with van der Waals surface area (Å²) >= 11 is 0. The summed E-state index contributed by atoms with van der Waals surface area (Å²) in [6.07, 6.45) is 7.25. The van der Waals surface area contributed by atoms with Gasteiger partial charge in [-0.05, 0) is 41.8 Å². The van der Waals surface area contributed by atoms with Crippen LogP contribution < -0.4 is 4.74 Å². The molecule has 0 fully saturated rings. The van der Waals surface area contributed by atoms with Crippen molar-refractivity contribution >= 4 is 49.4 Å². The lowest BCUT2D eigenvalue weighted by Crippen LogP contribution is -1.99. The Balaban J connectivity index is 1.30.